The fourth-order valence-electron chi connectivity index (χ4n) is 1.63. The Morgan fingerprint density at radius 3 is 2.47 bits per heavy atom. The van der Waals surface area contributed by atoms with Crippen LogP contribution in [-0.4, -0.2) is 7.05 Å². The highest BCUT2D eigenvalue weighted by Gasteiger charge is 2.13. The summed E-state index contributed by atoms with van der Waals surface area (Å²) in [5.41, 5.74) is 0.531. The molecule has 1 aromatic heterocycles. The fourth-order valence-corrected chi connectivity index (χ4v) is 2.63. The van der Waals surface area contributed by atoms with Crippen LogP contribution >= 0.6 is 22.9 Å². The summed E-state index contributed by atoms with van der Waals surface area (Å²) in [6.07, 6.45) is 0. The second-order valence-electron chi connectivity index (χ2n) is 3.91. The molecule has 1 N–H and O–H groups in total. The summed E-state index contributed by atoms with van der Waals surface area (Å²) in [7, 11) is 1.71. The van der Waals surface area contributed by atoms with E-state index in [1.54, 1.807) is 19.2 Å². The largest absolute Gasteiger partial charge is 0.482 e. The summed E-state index contributed by atoms with van der Waals surface area (Å²) < 4.78 is 33.2. The number of rotatable bonds is 5. The highest BCUT2D eigenvalue weighted by Crippen LogP contribution is 2.27. The van der Waals surface area contributed by atoms with Crippen molar-refractivity contribution in [3.63, 3.8) is 0 Å². The van der Waals surface area contributed by atoms with Crippen LogP contribution < -0.4 is 10.1 Å². The Balaban J connectivity index is 2.11. The van der Waals surface area contributed by atoms with Gasteiger partial charge in [0.05, 0.1) is 4.34 Å². The molecule has 0 unspecified atom stereocenters. The first-order chi connectivity index (χ1) is 9.10. The molecule has 0 aliphatic heterocycles. The van der Waals surface area contributed by atoms with Crippen molar-refractivity contribution in [2.24, 2.45) is 0 Å². The molecule has 0 aliphatic carbocycles. The van der Waals surface area contributed by atoms with Crippen LogP contribution in [0.25, 0.3) is 0 Å². The van der Waals surface area contributed by atoms with Crippen molar-refractivity contribution >= 4 is 22.9 Å². The minimum atomic E-state index is -0.701. The number of thiophene rings is 1. The third-order valence-electron chi connectivity index (χ3n) is 2.43. The van der Waals surface area contributed by atoms with E-state index in [1.807, 2.05) is 0 Å². The minimum absolute atomic E-state index is 0.0939. The molecule has 0 radical (unpaired) electrons. The van der Waals surface area contributed by atoms with E-state index in [1.165, 1.54) is 23.5 Å². The summed E-state index contributed by atoms with van der Waals surface area (Å²) >= 11 is 7.08. The van der Waals surface area contributed by atoms with Crippen LogP contribution in [0, 0.1) is 11.6 Å². The van der Waals surface area contributed by atoms with Crippen LogP contribution in [0.15, 0.2) is 24.3 Å². The van der Waals surface area contributed by atoms with Gasteiger partial charge in [-0.1, -0.05) is 11.6 Å². The van der Waals surface area contributed by atoms with Gasteiger partial charge in [0.1, 0.15) is 6.61 Å². The number of hydrogen-bond donors (Lipinski definition) is 1. The third-order valence-corrected chi connectivity index (χ3v) is 3.63. The van der Waals surface area contributed by atoms with Crippen LogP contribution in [0.1, 0.15) is 10.4 Å². The minimum Gasteiger partial charge on any atom is -0.482 e. The molecule has 0 bridgehead atoms. The quantitative estimate of drug-likeness (QED) is 0.902. The molecule has 6 heteroatoms. The molecule has 1 heterocycles. The lowest BCUT2D eigenvalue weighted by atomic mass is 10.2. The maximum Gasteiger partial charge on any atom is 0.191 e. The Hall–Kier alpha value is -1.17. The van der Waals surface area contributed by atoms with Crippen LogP contribution in [0.3, 0.4) is 0 Å². The predicted molar refractivity (Wildman–Crippen MR) is 72.8 cm³/mol. The molecular formula is C13H12ClF2NOS. The first-order valence-corrected chi connectivity index (χ1v) is 6.79. The van der Waals surface area contributed by atoms with Gasteiger partial charge in [0.2, 0.25) is 0 Å². The van der Waals surface area contributed by atoms with Gasteiger partial charge in [-0.3, -0.25) is 0 Å². The van der Waals surface area contributed by atoms with E-state index >= 15 is 0 Å². The van der Waals surface area contributed by atoms with Gasteiger partial charge in [-0.2, -0.15) is 0 Å². The lowest BCUT2D eigenvalue weighted by Crippen LogP contribution is -2.07. The second kappa shape index (κ2) is 6.32. The van der Waals surface area contributed by atoms with E-state index in [9.17, 15) is 8.78 Å². The van der Waals surface area contributed by atoms with Gasteiger partial charge in [-0.05, 0) is 36.9 Å². The lowest BCUT2D eigenvalue weighted by Gasteiger charge is -2.09. The van der Waals surface area contributed by atoms with E-state index in [0.29, 0.717) is 16.4 Å². The van der Waals surface area contributed by atoms with Crippen molar-refractivity contribution in [1.29, 1.82) is 0 Å². The SMILES string of the molecule is CNCc1cc(F)c(OCc2ccc(Cl)s2)c(F)c1. The molecule has 0 saturated heterocycles. The number of ether oxygens (including phenoxy) is 1. The van der Waals surface area contributed by atoms with E-state index < -0.39 is 11.6 Å². The molecule has 0 fully saturated rings. The van der Waals surface area contributed by atoms with Crippen molar-refractivity contribution < 1.29 is 13.5 Å². The molecule has 0 spiro atoms. The Kier molecular flexibility index (Phi) is 4.74. The maximum atomic E-state index is 13.7. The van der Waals surface area contributed by atoms with Gasteiger partial charge in [0.25, 0.3) is 0 Å². The zero-order valence-corrected chi connectivity index (χ0v) is 11.7. The first kappa shape index (κ1) is 14.2. The molecule has 19 heavy (non-hydrogen) atoms. The topological polar surface area (TPSA) is 21.3 Å². The molecular weight excluding hydrogens is 292 g/mol. The monoisotopic (exact) mass is 303 g/mol. The molecule has 0 saturated carbocycles. The van der Waals surface area contributed by atoms with Gasteiger partial charge < -0.3 is 10.1 Å². The Bertz CT molecular complexity index is 551. The summed E-state index contributed by atoms with van der Waals surface area (Å²) in [5, 5.41) is 2.83. The summed E-state index contributed by atoms with van der Waals surface area (Å²) in [4.78, 5) is 0.808. The van der Waals surface area contributed by atoms with Crippen molar-refractivity contribution in [2.75, 3.05) is 7.05 Å². The normalized spacial score (nSPS) is 10.7. The second-order valence-corrected chi connectivity index (χ2v) is 5.71. The first-order valence-electron chi connectivity index (χ1n) is 5.59. The van der Waals surface area contributed by atoms with Gasteiger partial charge in [-0.15, -0.1) is 11.3 Å². The van der Waals surface area contributed by atoms with E-state index in [2.05, 4.69) is 5.32 Å². The van der Waals surface area contributed by atoms with Crippen molar-refractivity contribution in [1.82, 2.24) is 5.32 Å². The smallest absolute Gasteiger partial charge is 0.191 e. The summed E-state index contributed by atoms with van der Waals surface area (Å²) in [6, 6.07) is 6.00. The van der Waals surface area contributed by atoms with Crippen LogP contribution in [0.5, 0.6) is 5.75 Å². The molecule has 1 aromatic carbocycles. The number of benzene rings is 1. The van der Waals surface area contributed by atoms with Gasteiger partial charge in [0, 0.05) is 11.4 Å². The number of nitrogens with one attached hydrogen (secondary N) is 1. The van der Waals surface area contributed by atoms with Crippen molar-refractivity contribution in [3.8, 4) is 5.75 Å². The Morgan fingerprint density at radius 1 is 1.26 bits per heavy atom. The Morgan fingerprint density at radius 2 is 1.95 bits per heavy atom. The molecule has 2 nitrogen and oxygen atoms in total. The standard InChI is InChI=1S/C13H12ClF2NOS/c1-17-6-8-4-10(15)13(11(16)5-8)18-7-9-2-3-12(14)19-9/h2-5,17H,6-7H2,1H3. The van der Waals surface area contributed by atoms with Crippen molar-refractivity contribution in [2.45, 2.75) is 13.2 Å². The Labute approximate surface area is 119 Å². The predicted octanol–water partition coefficient (Wildman–Crippen LogP) is 3.98. The van der Waals surface area contributed by atoms with Crippen molar-refractivity contribution in [3.05, 3.63) is 50.7 Å². The summed E-state index contributed by atoms with van der Waals surface area (Å²) in [6.45, 7) is 0.491. The molecule has 2 aromatic rings. The highest BCUT2D eigenvalue weighted by atomic mass is 35.5. The van der Waals surface area contributed by atoms with Gasteiger partial charge in [-0.25, -0.2) is 8.78 Å². The number of hydrogen-bond acceptors (Lipinski definition) is 3. The molecule has 0 atom stereocenters. The third kappa shape index (κ3) is 3.65. The van der Waals surface area contributed by atoms with E-state index in [0.717, 1.165) is 4.88 Å². The maximum absolute atomic E-state index is 13.7. The van der Waals surface area contributed by atoms with Gasteiger partial charge in [0.15, 0.2) is 17.4 Å². The van der Waals surface area contributed by atoms with Crippen LogP contribution in [0.4, 0.5) is 8.78 Å². The lowest BCUT2D eigenvalue weighted by molar-refractivity contribution is 0.276. The fraction of sp³-hybridized carbons (Fsp3) is 0.231. The van der Waals surface area contributed by atoms with E-state index in [4.69, 9.17) is 16.3 Å². The van der Waals surface area contributed by atoms with E-state index in [-0.39, 0.29) is 12.4 Å². The average molecular weight is 304 g/mol. The zero-order valence-electron chi connectivity index (χ0n) is 10.2. The molecule has 0 aliphatic rings. The molecule has 2 rings (SSSR count). The zero-order chi connectivity index (χ0) is 13.8. The molecule has 102 valence electrons. The van der Waals surface area contributed by atoms with Crippen LogP contribution in [-0.2, 0) is 13.2 Å². The molecule has 0 amide bonds. The van der Waals surface area contributed by atoms with Crippen LogP contribution in [0.2, 0.25) is 4.34 Å². The average Bonchev–Trinajstić information content (AvgIpc) is 2.74. The summed E-state index contributed by atoms with van der Waals surface area (Å²) in [5.74, 6) is -1.76. The van der Waals surface area contributed by atoms with Gasteiger partial charge >= 0.3 is 0 Å². The highest BCUT2D eigenvalue weighted by molar-refractivity contribution is 7.16. The number of halogens is 3.